The molecule has 3 saturated heterocycles. The summed E-state index contributed by atoms with van der Waals surface area (Å²) in [6.07, 6.45) is 4.87. The number of para-hydroxylation sites is 1. The van der Waals surface area contributed by atoms with Crippen LogP contribution in [0.2, 0.25) is 0 Å². The average Bonchev–Trinajstić information content (AvgIpc) is 3.64. The number of aliphatic hydroxyl groups is 1. The van der Waals surface area contributed by atoms with Crippen LogP contribution in [-0.2, 0) is 25.8 Å². The highest BCUT2D eigenvalue weighted by Crippen LogP contribution is 2.65. The first-order valence-electron chi connectivity index (χ1n) is 14.9. The van der Waals surface area contributed by atoms with E-state index in [1.54, 1.807) is 31.5 Å². The Morgan fingerprint density at radius 2 is 1.90 bits per heavy atom. The van der Waals surface area contributed by atoms with Crippen LogP contribution in [0.5, 0.6) is 0 Å². The summed E-state index contributed by atoms with van der Waals surface area (Å²) in [5.41, 5.74) is -0.594. The highest BCUT2D eigenvalue weighted by Gasteiger charge is 2.80. The first kappa shape index (κ1) is 29.9. The minimum Gasteiger partial charge on any atom is -0.396 e. The molecule has 2 aromatic rings. The van der Waals surface area contributed by atoms with Gasteiger partial charge >= 0.3 is 0 Å². The maximum atomic E-state index is 14.6. The smallest absolute Gasteiger partial charge is 0.250 e. The number of likely N-dealkylation sites (tertiary alicyclic amines) is 1. The SMILES string of the molecule is C=CCN(Cn1nnc2ccccc21)C(=O)C1N(CCCO)C(=O)[C@@H]2[C@H](C(=O)N(CC=C)CCC)[C@@]3(C)OC12CC3C. The Labute approximate surface area is 246 Å². The van der Waals surface area contributed by atoms with Gasteiger partial charge in [-0.25, -0.2) is 4.68 Å². The van der Waals surface area contributed by atoms with Gasteiger partial charge in [0.2, 0.25) is 17.7 Å². The topological polar surface area (TPSA) is 121 Å². The molecule has 3 unspecified atom stereocenters. The number of aromatic nitrogens is 3. The standard InChI is InChI=1S/C31H42N6O5/c1-6-14-34(15-7-2)27(39)24-25-28(40)36(17-11-18-38)26(31(25)19-21(4)30(24,5)42-31)29(41)35(16-8-3)20-37-23-13-10-9-12-22(23)32-33-37/h6,8-10,12-13,21,24-26,38H,1,3,7,11,14-20H2,2,4-5H3/t21?,24-,25+,26?,30+,31?/m1/s1. The molecule has 11 heteroatoms. The Balaban J connectivity index is 1.56. The molecule has 1 spiro atoms. The number of amides is 3. The molecular weight excluding hydrogens is 536 g/mol. The van der Waals surface area contributed by atoms with E-state index >= 15 is 0 Å². The molecule has 0 radical (unpaired) electrons. The van der Waals surface area contributed by atoms with Crippen molar-refractivity contribution in [2.24, 2.45) is 17.8 Å². The molecule has 42 heavy (non-hydrogen) atoms. The van der Waals surface area contributed by atoms with Gasteiger partial charge in [0.25, 0.3) is 0 Å². The lowest BCUT2D eigenvalue weighted by atomic mass is 9.62. The normalized spacial score (nSPS) is 29.6. The molecule has 3 amide bonds. The van der Waals surface area contributed by atoms with Crippen LogP contribution in [0.4, 0.5) is 0 Å². The van der Waals surface area contributed by atoms with Gasteiger partial charge in [0.15, 0.2) is 0 Å². The zero-order chi connectivity index (χ0) is 30.2. The average molecular weight is 579 g/mol. The Morgan fingerprint density at radius 3 is 2.60 bits per heavy atom. The predicted molar refractivity (Wildman–Crippen MR) is 157 cm³/mol. The second-order valence-electron chi connectivity index (χ2n) is 12.0. The maximum absolute atomic E-state index is 14.6. The van der Waals surface area contributed by atoms with E-state index in [4.69, 9.17) is 4.74 Å². The Hall–Kier alpha value is -3.57. The van der Waals surface area contributed by atoms with Crippen LogP contribution in [0.3, 0.4) is 0 Å². The molecule has 1 aromatic heterocycles. The van der Waals surface area contributed by atoms with Gasteiger partial charge in [-0.1, -0.05) is 43.3 Å². The second kappa shape index (κ2) is 11.6. The number of rotatable bonds is 13. The van der Waals surface area contributed by atoms with Crippen molar-refractivity contribution < 1.29 is 24.2 Å². The number of benzene rings is 1. The fraction of sp³-hybridized carbons (Fsp3) is 0.581. The lowest BCUT2D eigenvalue weighted by Crippen LogP contribution is -2.57. The van der Waals surface area contributed by atoms with Gasteiger partial charge in [-0.05, 0) is 44.2 Å². The Kier molecular flexibility index (Phi) is 8.26. The molecule has 5 rings (SSSR count). The van der Waals surface area contributed by atoms with Gasteiger partial charge in [-0.2, -0.15) is 0 Å². The zero-order valence-corrected chi connectivity index (χ0v) is 24.8. The fourth-order valence-electron chi connectivity index (χ4n) is 7.52. The number of hydrogen-bond acceptors (Lipinski definition) is 7. The largest absolute Gasteiger partial charge is 0.396 e. The van der Waals surface area contributed by atoms with Crippen LogP contribution >= 0.6 is 0 Å². The Morgan fingerprint density at radius 1 is 1.19 bits per heavy atom. The lowest BCUT2D eigenvalue weighted by molar-refractivity contribution is -0.155. The van der Waals surface area contributed by atoms with Crippen LogP contribution in [0.1, 0.15) is 40.0 Å². The van der Waals surface area contributed by atoms with Gasteiger partial charge in [-0.15, -0.1) is 18.3 Å². The molecule has 3 fully saturated rings. The molecular formula is C31H42N6O5. The zero-order valence-electron chi connectivity index (χ0n) is 24.8. The molecule has 0 aliphatic carbocycles. The van der Waals surface area contributed by atoms with Gasteiger partial charge in [0.05, 0.1) is 23.0 Å². The van der Waals surface area contributed by atoms with E-state index in [2.05, 4.69) is 23.5 Å². The highest BCUT2D eigenvalue weighted by molar-refractivity contribution is 5.99. The summed E-state index contributed by atoms with van der Waals surface area (Å²) in [5.74, 6) is -2.32. The van der Waals surface area contributed by atoms with Crippen molar-refractivity contribution in [3.63, 3.8) is 0 Å². The molecule has 4 heterocycles. The minimum absolute atomic E-state index is 0.0667. The summed E-state index contributed by atoms with van der Waals surface area (Å²) >= 11 is 0. The van der Waals surface area contributed by atoms with Crippen molar-refractivity contribution in [3.05, 3.63) is 49.6 Å². The van der Waals surface area contributed by atoms with Crippen molar-refractivity contribution in [2.75, 3.05) is 32.8 Å². The van der Waals surface area contributed by atoms with Crippen LogP contribution in [0.25, 0.3) is 11.0 Å². The van der Waals surface area contributed by atoms with E-state index in [0.29, 0.717) is 31.4 Å². The summed E-state index contributed by atoms with van der Waals surface area (Å²) in [7, 11) is 0. The third-order valence-corrected chi connectivity index (χ3v) is 9.41. The number of hydrogen-bond donors (Lipinski definition) is 1. The third-order valence-electron chi connectivity index (χ3n) is 9.41. The molecule has 1 N–H and O–H groups in total. The molecule has 0 saturated carbocycles. The summed E-state index contributed by atoms with van der Waals surface area (Å²) in [4.78, 5) is 48.0. The van der Waals surface area contributed by atoms with Gasteiger partial charge < -0.3 is 24.5 Å². The second-order valence-corrected chi connectivity index (χ2v) is 12.0. The van der Waals surface area contributed by atoms with Crippen LogP contribution < -0.4 is 0 Å². The molecule has 3 aliphatic rings. The van der Waals surface area contributed by atoms with E-state index in [-0.39, 0.29) is 50.0 Å². The molecule has 3 aliphatic heterocycles. The first-order chi connectivity index (χ1) is 20.2. The number of fused-ring (bicyclic) bond motifs is 2. The van der Waals surface area contributed by atoms with E-state index in [1.807, 2.05) is 45.0 Å². The molecule has 11 nitrogen and oxygen atoms in total. The van der Waals surface area contributed by atoms with Crippen LogP contribution in [-0.4, -0.2) is 103 Å². The summed E-state index contributed by atoms with van der Waals surface area (Å²) in [6.45, 7) is 14.9. The molecule has 226 valence electrons. The number of carbonyl (C=O) groups is 3. The summed E-state index contributed by atoms with van der Waals surface area (Å²) < 4.78 is 8.52. The van der Waals surface area contributed by atoms with Gasteiger partial charge in [0, 0.05) is 32.8 Å². The first-order valence-corrected chi connectivity index (χ1v) is 14.9. The minimum atomic E-state index is -1.17. The van der Waals surface area contributed by atoms with Gasteiger partial charge in [0.1, 0.15) is 23.8 Å². The molecule has 2 bridgehead atoms. The van der Waals surface area contributed by atoms with E-state index in [9.17, 15) is 19.5 Å². The monoisotopic (exact) mass is 578 g/mol. The van der Waals surface area contributed by atoms with Crippen molar-refractivity contribution in [3.8, 4) is 0 Å². The van der Waals surface area contributed by atoms with E-state index in [1.165, 1.54) is 0 Å². The van der Waals surface area contributed by atoms with Crippen LogP contribution in [0, 0.1) is 17.8 Å². The van der Waals surface area contributed by atoms with Crippen molar-refractivity contribution in [2.45, 2.75) is 63.9 Å². The van der Waals surface area contributed by atoms with Crippen molar-refractivity contribution >= 4 is 28.8 Å². The molecule has 1 aromatic carbocycles. The predicted octanol–water partition coefficient (Wildman–Crippen LogP) is 2.22. The van der Waals surface area contributed by atoms with E-state index < -0.39 is 29.1 Å². The summed E-state index contributed by atoms with van der Waals surface area (Å²) in [6, 6.07) is 6.54. The Bertz CT molecular complexity index is 1380. The lowest BCUT2D eigenvalue weighted by Gasteiger charge is -2.39. The molecule has 6 atom stereocenters. The maximum Gasteiger partial charge on any atom is 0.250 e. The quantitative estimate of drug-likeness (QED) is 0.362. The number of ether oxygens (including phenoxy) is 1. The van der Waals surface area contributed by atoms with Crippen molar-refractivity contribution in [1.82, 2.24) is 29.7 Å². The number of carbonyl (C=O) groups excluding carboxylic acids is 3. The van der Waals surface area contributed by atoms with Crippen molar-refractivity contribution in [1.29, 1.82) is 0 Å². The number of nitrogens with zero attached hydrogens (tertiary/aromatic N) is 6. The third kappa shape index (κ3) is 4.53. The van der Waals surface area contributed by atoms with Crippen LogP contribution in [0.15, 0.2) is 49.6 Å². The van der Waals surface area contributed by atoms with E-state index in [0.717, 1.165) is 11.9 Å². The summed E-state index contributed by atoms with van der Waals surface area (Å²) in [5, 5.41) is 18.2. The highest BCUT2D eigenvalue weighted by atomic mass is 16.5. The van der Waals surface area contributed by atoms with Gasteiger partial charge in [-0.3, -0.25) is 14.4 Å². The number of aliphatic hydroxyl groups excluding tert-OH is 1. The fourth-order valence-corrected chi connectivity index (χ4v) is 7.52.